The number of benzene rings is 1. The average molecular weight is 440 g/mol. The van der Waals surface area contributed by atoms with Crippen molar-refractivity contribution in [1.82, 2.24) is 0 Å². The summed E-state index contributed by atoms with van der Waals surface area (Å²) in [5, 5.41) is 0.875. The minimum absolute atomic E-state index is 0.0814. The van der Waals surface area contributed by atoms with E-state index in [0.29, 0.717) is 27.6 Å². The molecule has 4 atom stereocenters. The monoisotopic (exact) mass is 439 g/mol. The Balaban J connectivity index is 1.29. The first kappa shape index (κ1) is 18.0. The van der Waals surface area contributed by atoms with Crippen LogP contribution in [0.3, 0.4) is 0 Å². The van der Waals surface area contributed by atoms with Gasteiger partial charge in [0.25, 0.3) is 0 Å². The Morgan fingerprint density at radius 3 is 1.70 bits per heavy atom. The van der Waals surface area contributed by atoms with Gasteiger partial charge in [-0.15, -0.1) is 0 Å². The zero-order valence-corrected chi connectivity index (χ0v) is 18.1. The van der Waals surface area contributed by atoms with E-state index in [2.05, 4.69) is 12.2 Å². The molecule has 3 nitrogen and oxygen atoms in total. The van der Waals surface area contributed by atoms with Crippen molar-refractivity contribution >= 4 is 40.7 Å². The number of hydrogen-bond acceptors (Lipinski definition) is 2. The number of halogens is 2. The average Bonchev–Trinajstić information content (AvgIpc) is 3.30. The lowest BCUT2D eigenvalue weighted by molar-refractivity contribution is -0.122. The maximum Gasteiger partial charge on any atom is 0.238 e. The highest BCUT2D eigenvalue weighted by Gasteiger charge is 2.63. The van der Waals surface area contributed by atoms with Crippen molar-refractivity contribution < 1.29 is 9.59 Å². The molecule has 7 aliphatic rings. The van der Waals surface area contributed by atoms with Gasteiger partial charge in [-0.05, 0) is 74.0 Å². The van der Waals surface area contributed by atoms with Gasteiger partial charge < -0.3 is 0 Å². The number of anilines is 1. The van der Waals surface area contributed by atoms with E-state index < -0.39 is 0 Å². The zero-order valence-electron chi connectivity index (χ0n) is 16.6. The van der Waals surface area contributed by atoms with Crippen LogP contribution >= 0.6 is 23.2 Å². The Morgan fingerprint density at radius 2 is 1.20 bits per heavy atom. The van der Waals surface area contributed by atoms with Crippen molar-refractivity contribution in [3.8, 4) is 0 Å². The summed E-state index contributed by atoms with van der Waals surface area (Å²) in [6, 6.07) is 4.95. The number of amides is 2. The Hall–Kier alpha value is -1.58. The highest BCUT2D eigenvalue weighted by molar-refractivity contribution is 6.35. The molecule has 1 aromatic rings. The standard InChI is InChI=1S/C25H23Cl2NO2/c26-15-8-16(27)10-17(9-15)28-24(29)22-18-1-2-19(23(22)25(28)30)21(18)20-13-4-11-3-12(6-13)7-14(20)5-11/h1-2,8-14,18-19,22-23H,3-7H2/t11?,12?,13?,14?,18?,19?,22-,23?/m0/s1. The summed E-state index contributed by atoms with van der Waals surface area (Å²) in [5.41, 5.74) is 3.62. The first-order valence-electron chi connectivity index (χ1n) is 11.3. The molecule has 5 heteroatoms. The number of carbonyl (C=O) groups is 2. The van der Waals surface area contributed by atoms with Gasteiger partial charge in [0.2, 0.25) is 11.8 Å². The van der Waals surface area contributed by atoms with E-state index >= 15 is 0 Å². The Kier molecular flexibility index (Phi) is 3.61. The lowest BCUT2D eigenvalue weighted by atomic mass is 9.53. The van der Waals surface area contributed by atoms with Crippen LogP contribution in [0.4, 0.5) is 5.69 Å². The van der Waals surface area contributed by atoms with E-state index in [1.807, 2.05) is 0 Å². The van der Waals surface area contributed by atoms with Gasteiger partial charge in [0.05, 0.1) is 17.5 Å². The van der Waals surface area contributed by atoms with E-state index in [4.69, 9.17) is 23.2 Å². The van der Waals surface area contributed by atoms with Gasteiger partial charge in [0, 0.05) is 21.9 Å². The first-order valence-corrected chi connectivity index (χ1v) is 12.0. The molecule has 2 amide bonds. The molecule has 0 N–H and O–H groups in total. The molecule has 1 saturated heterocycles. The third-order valence-electron chi connectivity index (χ3n) is 8.87. The fourth-order valence-electron chi connectivity index (χ4n) is 8.23. The van der Waals surface area contributed by atoms with Crippen LogP contribution in [-0.4, -0.2) is 11.8 Å². The number of rotatable bonds is 1. The zero-order chi connectivity index (χ0) is 20.3. The first-order chi connectivity index (χ1) is 14.5. The molecule has 0 aromatic heterocycles. The second kappa shape index (κ2) is 6.01. The van der Waals surface area contributed by atoms with E-state index in [1.165, 1.54) is 42.6 Å². The molecule has 6 aliphatic carbocycles. The van der Waals surface area contributed by atoms with Gasteiger partial charge in [0.15, 0.2) is 0 Å². The van der Waals surface area contributed by atoms with Crippen molar-refractivity contribution in [2.24, 2.45) is 47.3 Å². The van der Waals surface area contributed by atoms with Crippen LogP contribution in [0.2, 0.25) is 10.0 Å². The normalized spacial score (nSPS) is 42.8. The summed E-state index contributed by atoms with van der Waals surface area (Å²) >= 11 is 12.3. The fraction of sp³-hybridized carbons (Fsp3) is 0.520. The molecule has 154 valence electrons. The number of carbonyl (C=O) groups excluding carboxylic acids is 2. The van der Waals surface area contributed by atoms with E-state index in [0.717, 1.165) is 11.8 Å². The molecule has 0 radical (unpaired) electrons. The predicted octanol–water partition coefficient (Wildman–Crippen LogP) is 5.67. The van der Waals surface area contributed by atoms with E-state index in [9.17, 15) is 9.59 Å². The molecule has 6 fully saturated rings. The summed E-state index contributed by atoms with van der Waals surface area (Å²) < 4.78 is 0. The lowest BCUT2D eigenvalue weighted by Crippen LogP contribution is -2.41. The Labute approximate surface area is 186 Å². The van der Waals surface area contributed by atoms with Crippen LogP contribution in [-0.2, 0) is 9.59 Å². The molecule has 30 heavy (non-hydrogen) atoms. The molecule has 6 bridgehead atoms. The molecule has 1 heterocycles. The smallest absolute Gasteiger partial charge is 0.238 e. The molecule has 1 aromatic carbocycles. The second-order valence-corrected chi connectivity index (χ2v) is 11.2. The van der Waals surface area contributed by atoms with E-state index in [-0.39, 0.29) is 35.5 Å². The SMILES string of the molecule is O=C1C2C3C=CC(C3=C3C4CC5CC(C4)CC3C5)[C@@H]2C(=O)N1c1cc(Cl)cc(Cl)c1. The summed E-state index contributed by atoms with van der Waals surface area (Å²) in [4.78, 5) is 28.4. The third kappa shape index (κ3) is 2.23. The quantitative estimate of drug-likeness (QED) is 0.417. The van der Waals surface area contributed by atoms with Crippen LogP contribution in [0.15, 0.2) is 41.5 Å². The summed E-state index contributed by atoms with van der Waals surface area (Å²) in [5.74, 6) is 2.75. The topological polar surface area (TPSA) is 37.4 Å². The summed E-state index contributed by atoms with van der Waals surface area (Å²) in [7, 11) is 0. The van der Waals surface area contributed by atoms with Gasteiger partial charge in [-0.3, -0.25) is 9.59 Å². The van der Waals surface area contributed by atoms with Gasteiger partial charge in [-0.2, -0.15) is 0 Å². The summed E-state index contributed by atoms with van der Waals surface area (Å²) in [6.07, 6.45) is 11.2. The van der Waals surface area contributed by atoms with Crippen LogP contribution in [0.1, 0.15) is 32.1 Å². The number of allylic oxidation sites excluding steroid dienone is 4. The largest absolute Gasteiger partial charge is 0.274 e. The van der Waals surface area contributed by atoms with Crippen LogP contribution in [0.25, 0.3) is 0 Å². The highest BCUT2D eigenvalue weighted by Crippen LogP contribution is 2.64. The maximum absolute atomic E-state index is 13.5. The maximum atomic E-state index is 13.5. The van der Waals surface area contributed by atoms with E-state index in [1.54, 1.807) is 23.8 Å². The van der Waals surface area contributed by atoms with Crippen molar-refractivity contribution in [3.63, 3.8) is 0 Å². The molecular weight excluding hydrogens is 417 g/mol. The van der Waals surface area contributed by atoms with Gasteiger partial charge in [-0.25, -0.2) is 4.90 Å². The van der Waals surface area contributed by atoms with Gasteiger partial charge in [0.1, 0.15) is 0 Å². The minimum Gasteiger partial charge on any atom is -0.274 e. The number of imide groups is 1. The number of fused-ring (bicyclic) bond motifs is 5. The van der Waals surface area contributed by atoms with Crippen molar-refractivity contribution in [2.75, 3.05) is 4.90 Å². The minimum atomic E-state index is -0.259. The lowest BCUT2D eigenvalue weighted by Gasteiger charge is -2.52. The predicted molar refractivity (Wildman–Crippen MR) is 116 cm³/mol. The Bertz CT molecular complexity index is 989. The molecule has 3 unspecified atom stereocenters. The molecule has 0 spiro atoms. The van der Waals surface area contributed by atoms with Gasteiger partial charge >= 0.3 is 0 Å². The second-order valence-electron chi connectivity index (χ2n) is 10.3. The number of hydrogen-bond donors (Lipinski definition) is 0. The van der Waals surface area contributed by atoms with Crippen molar-refractivity contribution in [1.29, 1.82) is 0 Å². The molecule has 8 rings (SSSR count). The van der Waals surface area contributed by atoms with Crippen LogP contribution in [0.5, 0.6) is 0 Å². The summed E-state index contributed by atoms with van der Waals surface area (Å²) in [6.45, 7) is 0. The molecule has 5 saturated carbocycles. The number of nitrogens with zero attached hydrogens (tertiary/aromatic N) is 1. The highest BCUT2D eigenvalue weighted by atomic mass is 35.5. The van der Waals surface area contributed by atoms with Crippen LogP contribution < -0.4 is 4.90 Å². The fourth-order valence-corrected chi connectivity index (χ4v) is 8.75. The molecular formula is C25H23Cl2NO2. The Morgan fingerprint density at radius 1 is 0.700 bits per heavy atom. The van der Waals surface area contributed by atoms with Gasteiger partial charge in [-0.1, -0.05) is 46.5 Å². The van der Waals surface area contributed by atoms with Crippen LogP contribution in [0, 0.1) is 47.3 Å². The van der Waals surface area contributed by atoms with Crippen molar-refractivity contribution in [3.05, 3.63) is 51.5 Å². The molecule has 1 aliphatic heterocycles. The third-order valence-corrected chi connectivity index (χ3v) is 9.31. The van der Waals surface area contributed by atoms with Crippen molar-refractivity contribution in [2.45, 2.75) is 32.1 Å².